The smallest absolute Gasteiger partial charge is 0.282 e. The van der Waals surface area contributed by atoms with E-state index < -0.39 is 10.8 Å². The van der Waals surface area contributed by atoms with Gasteiger partial charge >= 0.3 is 0 Å². The maximum absolute atomic E-state index is 12.0. The van der Waals surface area contributed by atoms with Gasteiger partial charge in [-0.1, -0.05) is 0 Å². The zero-order valence-electron chi connectivity index (χ0n) is 12.0. The van der Waals surface area contributed by atoms with E-state index in [1.165, 1.54) is 12.1 Å². The molecule has 7 heteroatoms. The van der Waals surface area contributed by atoms with Crippen molar-refractivity contribution in [1.29, 1.82) is 0 Å². The van der Waals surface area contributed by atoms with Crippen molar-refractivity contribution < 1.29 is 9.72 Å². The topological polar surface area (TPSA) is 87.5 Å². The first kappa shape index (κ1) is 15.9. The fourth-order valence-corrected chi connectivity index (χ4v) is 1.73. The third-order valence-electron chi connectivity index (χ3n) is 2.79. The number of anilines is 1. The largest absolute Gasteiger partial charge is 0.388 e. The predicted octanol–water partition coefficient (Wildman–Crippen LogP) is 1.32. The highest BCUT2D eigenvalue weighted by atomic mass is 16.6. The molecule has 0 fully saturated rings. The van der Waals surface area contributed by atoms with Crippen LogP contribution in [0.4, 0.5) is 11.4 Å². The van der Waals surface area contributed by atoms with Gasteiger partial charge in [0.2, 0.25) is 0 Å². The van der Waals surface area contributed by atoms with Crippen LogP contribution in [0.15, 0.2) is 18.2 Å². The summed E-state index contributed by atoms with van der Waals surface area (Å²) in [5.41, 5.74) is 0.551. The molecule has 1 amide bonds. The molecule has 0 bridgehead atoms. The molecule has 0 saturated carbocycles. The monoisotopic (exact) mass is 280 g/mol. The zero-order valence-corrected chi connectivity index (χ0v) is 12.0. The van der Waals surface area contributed by atoms with Gasteiger partial charge in [0, 0.05) is 25.3 Å². The van der Waals surface area contributed by atoms with E-state index in [9.17, 15) is 14.9 Å². The summed E-state index contributed by atoms with van der Waals surface area (Å²) in [7, 11) is 5.59. The molecule has 0 saturated heterocycles. The molecule has 2 N–H and O–H groups in total. The number of nitro benzene ring substituents is 1. The Morgan fingerprint density at radius 2 is 2.10 bits per heavy atom. The molecule has 1 aromatic carbocycles. The summed E-state index contributed by atoms with van der Waals surface area (Å²) in [6.07, 6.45) is 0.790. The lowest BCUT2D eigenvalue weighted by Crippen LogP contribution is -2.27. The molecular weight excluding hydrogens is 260 g/mol. The molecule has 110 valence electrons. The lowest BCUT2D eigenvalue weighted by Gasteiger charge is -2.10. The molecule has 0 atom stereocenters. The van der Waals surface area contributed by atoms with E-state index in [4.69, 9.17) is 0 Å². The average molecular weight is 280 g/mol. The quantitative estimate of drug-likeness (QED) is 0.447. The van der Waals surface area contributed by atoms with Gasteiger partial charge in [-0.3, -0.25) is 14.9 Å². The Kier molecular flexibility index (Phi) is 5.92. The van der Waals surface area contributed by atoms with Gasteiger partial charge in [-0.2, -0.15) is 0 Å². The highest BCUT2D eigenvalue weighted by molar-refractivity contribution is 5.99. The first-order chi connectivity index (χ1) is 9.45. The Morgan fingerprint density at radius 3 is 2.65 bits per heavy atom. The SMILES string of the molecule is CNc1ccc([N+](=O)[O-])c(C(=O)NCCCN(C)C)c1. The van der Waals surface area contributed by atoms with Crippen LogP contribution in [0, 0.1) is 10.1 Å². The zero-order chi connectivity index (χ0) is 15.1. The van der Waals surface area contributed by atoms with Crippen molar-refractivity contribution >= 4 is 17.3 Å². The lowest BCUT2D eigenvalue weighted by atomic mass is 10.1. The number of nitrogens with one attached hydrogen (secondary N) is 2. The van der Waals surface area contributed by atoms with E-state index >= 15 is 0 Å². The predicted molar refractivity (Wildman–Crippen MR) is 78.1 cm³/mol. The second kappa shape index (κ2) is 7.44. The van der Waals surface area contributed by atoms with Crippen LogP contribution in [0.25, 0.3) is 0 Å². The molecule has 0 radical (unpaired) electrons. The standard InChI is InChI=1S/C13H20N4O3/c1-14-10-5-6-12(17(19)20)11(9-10)13(18)15-7-4-8-16(2)3/h5-6,9,14H,4,7-8H2,1-3H3,(H,15,18). The van der Waals surface area contributed by atoms with E-state index in [0.29, 0.717) is 12.2 Å². The van der Waals surface area contributed by atoms with E-state index in [-0.39, 0.29) is 11.3 Å². The van der Waals surface area contributed by atoms with Gasteiger partial charge in [0.15, 0.2) is 0 Å². The molecule has 20 heavy (non-hydrogen) atoms. The van der Waals surface area contributed by atoms with Gasteiger partial charge in [0.05, 0.1) is 4.92 Å². The Bertz CT molecular complexity index is 489. The number of carbonyl (C=O) groups is 1. The molecule has 1 rings (SSSR count). The van der Waals surface area contributed by atoms with Crippen molar-refractivity contribution in [2.45, 2.75) is 6.42 Å². The molecule has 0 aliphatic rings. The molecule has 0 aliphatic carbocycles. The molecule has 0 heterocycles. The second-order valence-corrected chi connectivity index (χ2v) is 4.65. The van der Waals surface area contributed by atoms with Crippen LogP contribution in [0.2, 0.25) is 0 Å². The van der Waals surface area contributed by atoms with Crippen molar-refractivity contribution in [3.05, 3.63) is 33.9 Å². The Morgan fingerprint density at radius 1 is 1.40 bits per heavy atom. The minimum Gasteiger partial charge on any atom is -0.388 e. The van der Waals surface area contributed by atoms with E-state index in [1.54, 1.807) is 13.1 Å². The minimum absolute atomic E-state index is 0.0757. The fraction of sp³-hybridized carbons (Fsp3) is 0.462. The van der Waals surface area contributed by atoms with Crippen molar-refractivity contribution in [3.63, 3.8) is 0 Å². The normalized spacial score (nSPS) is 10.4. The van der Waals surface area contributed by atoms with Crippen LogP contribution < -0.4 is 10.6 Å². The van der Waals surface area contributed by atoms with Crippen LogP contribution in [0.3, 0.4) is 0 Å². The van der Waals surface area contributed by atoms with Crippen molar-refractivity contribution in [1.82, 2.24) is 10.2 Å². The van der Waals surface area contributed by atoms with E-state index in [0.717, 1.165) is 13.0 Å². The van der Waals surface area contributed by atoms with Crippen LogP contribution >= 0.6 is 0 Å². The number of hydrogen-bond donors (Lipinski definition) is 2. The van der Waals surface area contributed by atoms with Gasteiger partial charge in [0.25, 0.3) is 11.6 Å². The van der Waals surface area contributed by atoms with Crippen LogP contribution in [-0.4, -0.2) is 50.0 Å². The Balaban J connectivity index is 2.77. The number of amides is 1. The summed E-state index contributed by atoms with van der Waals surface area (Å²) in [6.45, 7) is 1.33. The first-order valence-electron chi connectivity index (χ1n) is 6.35. The molecule has 0 aliphatic heterocycles. The summed E-state index contributed by atoms with van der Waals surface area (Å²) < 4.78 is 0. The van der Waals surface area contributed by atoms with Crippen LogP contribution in [0.5, 0.6) is 0 Å². The minimum atomic E-state index is -0.547. The van der Waals surface area contributed by atoms with Crippen molar-refractivity contribution in [3.8, 4) is 0 Å². The average Bonchev–Trinajstić information content (AvgIpc) is 2.42. The van der Waals surface area contributed by atoms with Gasteiger partial charge in [-0.25, -0.2) is 0 Å². The summed E-state index contributed by atoms with van der Waals surface area (Å²) in [5.74, 6) is -0.424. The van der Waals surface area contributed by atoms with Gasteiger partial charge < -0.3 is 15.5 Å². The van der Waals surface area contributed by atoms with Crippen LogP contribution in [-0.2, 0) is 0 Å². The molecule has 0 unspecified atom stereocenters. The number of benzene rings is 1. The van der Waals surface area contributed by atoms with Crippen molar-refractivity contribution in [2.24, 2.45) is 0 Å². The van der Waals surface area contributed by atoms with E-state index in [2.05, 4.69) is 10.6 Å². The third-order valence-corrected chi connectivity index (χ3v) is 2.79. The third kappa shape index (κ3) is 4.51. The summed E-state index contributed by atoms with van der Waals surface area (Å²) >= 11 is 0. The molecule has 1 aromatic rings. The maximum Gasteiger partial charge on any atom is 0.282 e. The van der Waals surface area contributed by atoms with Gasteiger partial charge in [0.1, 0.15) is 5.56 Å². The summed E-state index contributed by atoms with van der Waals surface area (Å²) in [6, 6.07) is 4.39. The van der Waals surface area contributed by atoms with Gasteiger partial charge in [-0.15, -0.1) is 0 Å². The maximum atomic E-state index is 12.0. The number of carbonyl (C=O) groups excluding carboxylic acids is 1. The highest BCUT2D eigenvalue weighted by Crippen LogP contribution is 2.22. The Labute approximate surface area is 118 Å². The van der Waals surface area contributed by atoms with E-state index in [1.807, 2.05) is 19.0 Å². The number of nitro groups is 1. The molecular formula is C13H20N4O3. The number of hydrogen-bond acceptors (Lipinski definition) is 5. The second-order valence-electron chi connectivity index (χ2n) is 4.65. The molecule has 0 aromatic heterocycles. The molecule has 7 nitrogen and oxygen atoms in total. The molecule has 0 spiro atoms. The summed E-state index contributed by atoms with van der Waals surface area (Å²) in [4.78, 5) is 24.4. The number of nitrogens with zero attached hydrogens (tertiary/aromatic N) is 2. The Hall–Kier alpha value is -2.15. The fourth-order valence-electron chi connectivity index (χ4n) is 1.73. The van der Waals surface area contributed by atoms with Crippen LogP contribution in [0.1, 0.15) is 16.8 Å². The lowest BCUT2D eigenvalue weighted by molar-refractivity contribution is -0.385. The number of rotatable bonds is 7. The van der Waals surface area contributed by atoms with Crippen molar-refractivity contribution in [2.75, 3.05) is 39.5 Å². The first-order valence-corrected chi connectivity index (χ1v) is 6.35. The highest BCUT2D eigenvalue weighted by Gasteiger charge is 2.20. The van der Waals surface area contributed by atoms with Gasteiger partial charge in [-0.05, 0) is 39.2 Å². The summed E-state index contributed by atoms with van der Waals surface area (Å²) in [5, 5.41) is 16.5.